The average Bonchev–Trinajstić information content (AvgIpc) is 2.82. The van der Waals surface area contributed by atoms with E-state index < -0.39 is 15.8 Å². The summed E-state index contributed by atoms with van der Waals surface area (Å²) in [6.07, 6.45) is 3.05. The maximum atomic E-state index is 13.1. The molecule has 1 amide bonds. The van der Waals surface area contributed by atoms with Gasteiger partial charge in [0.05, 0.1) is 26.2 Å². The molecule has 0 aromatic heterocycles. The van der Waals surface area contributed by atoms with Gasteiger partial charge in [-0.25, -0.2) is 12.8 Å². The van der Waals surface area contributed by atoms with Gasteiger partial charge in [-0.05, 0) is 48.0 Å². The molecule has 2 aromatic carbocycles. The quantitative estimate of drug-likeness (QED) is 0.585. The molecule has 0 unspecified atom stereocenters. The third-order valence-corrected chi connectivity index (χ3v) is 7.02. The number of hydrogen-bond acceptors (Lipinski definition) is 6. The van der Waals surface area contributed by atoms with Crippen molar-refractivity contribution in [2.24, 2.45) is 0 Å². The number of benzene rings is 2. The molecule has 0 atom stereocenters. The van der Waals surface area contributed by atoms with Crippen LogP contribution in [0.15, 0.2) is 47.4 Å². The van der Waals surface area contributed by atoms with E-state index in [1.807, 2.05) is 0 Å². The molecule has 0 N–H and O–H groups in total. The number of piperazine rings is 1. The molecule has 2 aromatic rings. The molecule has 0 spiro atoms. The van der Waals surface area contributed by atoms with Crippen molar-refractivity contribution in [3.63, 3.8) is 0 Å². The van der Waals surface area contributed by atoms with Gasteiger partial charge in [-0.2, -0.15) is 4.31 Å². The summed E-state index contributed by atoms with van der Waals surface area (Å²) in [4.78, 5) is 14.2. The summed E-state index contributed by atoms with van der Waals surface area (Å²) in [5, 5.41) is 0. The zero-order valence-corrected chi connectivity index (χ0v) is 18.9. The smallest absolute Gasteiger partial charge is 0.246 e. The van der Waals surface area contributed by atoms with Crippen LogP contribution in [0.2, 0.25) is 0 Å². The fourth-order valence-corrected chi connectivity index (χ4v) is 4.80. The zero-order chi connectivity index (χ0) is 23.3. The molecule has 32 heavy (non-hydrogen) atoms. The number of carbonyl (C=O) groups excluding carboxylic acids is 1. The predicted octanol–water partition coefficient (Wildman–Crippen LogP) is 2.40. The number of hydrogen-bond donors (Lipinski definition) is 0. The highest BCUT2D eigenvalue weighted by molar-refractivity contribution is 7.89. The highest BCUT2D eigenvalue weighted by atomic mass is 32.2. The number of carbonyl (C=O) groups is 1. The van der Waals surface area contributed by atoms with E-state index in [2.05, 4.69) is 0 Å². The Kier molecular flexibility index (Phi) is 7.37. The van der Waals surface area contributed by atoms with Crippen LogP contribution in [0.25, 0.3) is 6.08 Å². The Bertz CT molecular complexity index is 1070. The van der Waals surface area contributed by atoms with Crippen LogP contribution in [-0.2, 0) is 14.8 Å². The topological polar surface area (TPSA) is 85.4 Å². The Balaban J connectivity index is 1.66. The predicted molar refractivity (Wildman–Crippen MR) is 117 cm³/mol. The van der Waals surface area contributed by atoms with Gasteiger partial charge in [-0.1, -0.05) is 0 Å². The van der Waals surface area contributed by atoms with Crippen LogP contribution in [0.1, 0.15) is 5.56 Å². The van der Waals surface area contributed by atoms with Crippen LogP contribution in [0.4, 0.5) is 4.39 Å². The number of ether oxygens (including phenoxy) is 3. The lowest BCUT2D eigenvalue weighted by Crippen LogP contribution is -2.50. The van der Waals surface area contributed by atoms with E-state index in [4.69, 9.17) is 14.2 Å². The first-order chi connectivity index (χ1) is 15.3. The van der Waals surface area contributed by atoms with Crippen LogP contribution in [0, 0.1) is 5.82 Å². The third kappa shape index (κ3) is 5.03. The fraction of sp³-hybridized carbons (Fsp3) is 0.318. The number of sulfonamides is 1. The maximum Gasteiger partial charge on any atom is 0.246 e. The Labute approximate surface area is 186 Å². The van der Waals surface area contributed by atoms with E-state index >= 15 is 0 Å². The molecule has 0 aliphatic carbocycles. The number of halogens is 1. The largest absolute Gasteiger partial charge is 0.493 e. The Morgan fingerprint density at radius 3 is 2.00 bits per heavy atom. The maximum absolute atomic E-state index is 13.1. The van der Waals surface area contributed by atoms with Gasteiger partial charge >= 0.3 is 0 Å². The second-order valence-corrected chi connectivity index (χ2v) is 8.91. The molecule has 1 aliphatic rings. The van der Waals surface area contributed by atoms with Crippen molar-refractivity contribution in [1.29, 1.82) is 0 Å². The van der Waals surface area contributed by atoms with E-state index in [1.165, 1.54) is 43.8 Å². The lowest BCUT2D eigenvalue weighted by molar-refractivity contribution is -0.127. The highest BCUT2D eigenvalue weighted by Gasteiger charge is 2.29. The van der Waals surface area contributed by atoms with Gasteiger partial charge in [-0.15, -0.1) is 0 Å². The summed E-state index contributed by atoms with van der Waals surface area (Å²) in [6, 6.07) is 8.14. The summed E-state index contributed by atoms with van der Waals surface area (Å²) in [5.74, 6) is 0.657. The molecule has 0 saturated carbocycles. The second kappa shape index (κ2) is 10.0. The van der Waals surface area contributed by atoms with Crippen molar-refractivity contribution in [1.82, 2.24) is 9.21 Å². The number of methoxy groups -OCH3 is 3. The lowest BCUT2D eigenvalue weighted by atomic mass is 10.1. The fourth-order valence-electron chi connectivity index (χ4n) is 3.37. The average molecular weight is 465 g/mol. The van der Waals surface area contributed by atoms with Gasteiger partial charge in [0.25, 0.3) is 0 Å². The van der Waals surface area contributed by atoms with Gasteiger partial charge in [0.15, 0.2) is 11.5 Å². The summed E-state index contributed by atoms with van der Waals surface area (Å²) in [7, 11) is 0.794. The van der Waals surface area contributed by atoms with Gasteiger partial charge in [0.1, 0.15) is 5.82 Å². The summed E-state index contributed by atoms with van der Waals surface area (Å²) >= 11 is 0. The molecule has 1 fully saturated rings. The van der Waals surface area contributed by atoms with E-state index in [1.54, 1.807) is 23.1 Å². The van der Waals surface area contributed by atoms with Crippen molar-refractivity contribution in [2.45, 2.75) is 4.90 Å². The third-order valence-electron chi connectivity index (χ3n) is 5.11. The molecule has 0 radical (unpaired) electrons. The molecule has 172 valence electrons. The van der Waals surface area contributed by atoms with E-state index in [9.17, 15) is 17.6 Å². The molecule has 3 rings (SSSR count). The van der Waals surface area contributed by atoms with Gasteiger partial charge < -0.3 is 19.1 Å². The Hall–Kier alpha value is -3.11. The van der Waals surface area contributed by atoms with Crippen LogP contribution >= 0.6 is 0 Å². The van der Waals surface area contributed by atoms with E-state index in [0.29, 0.717) is 22.8 Å². The minimum atomic E-state index is -3.73. The zero-order valence-electron chi connectivity index (χ0n) is 18.1. The van der Waals surface area contributed by atoms with Crippen molar-refractivity contribution in [3.8, 4) is 17.2 Å². The molecule has 1 heterocycles. The number of nitrogens with zero attached hydrogens (tertiary/aromatic N) is 2. The minimum Gasteiger partial charge on any atom is -0.493 e. The standard InChI is InChI=1S/C22H25FN2O6S/c1-29-19-14-16(15-20(30-2)22(19)31-3)4-9-21(26)24-10-12-25(13-11-24)32(27,28)18-7-5-17(23)6-8-18/h4-9,14-15H,10-13H2,1-3H3/b9-4+. The van der Waals surface area contributed by atoms with Gasteiger partial charge in [0, 0.05) is 32.3 Å². The molecule has 1 aliphatic heterocycles. The van der Waals surface area contributed by atoms with Crippen LogP contribution in [0.5, 0.6) is 17.2 Å². The summed E-state index contributed by atoms with van der Waals surface area (Å²) < 4.78 is 55.7. The van der Waals surface area contributed by atoms with Gasteiger partial charge in [0.2, 0.25) is 21.7 Å². The monoisotopic (exact) mass is 464 g/mol. The second-order valence-electron chi connectivity index (χ2n) is 6.98. The molecule has 0 bridgehead atoms. The Morgan fingerprint density at radius 1 is 0.938 bits per heavy atom. The number of amides is 1. The van der Waals surface area contributed by atoms with Crippen molar-refractivity contribution in [2.75, 3.05) is 47.5 Å². The molecule has 10 heteroatoms. The van der Waals surface area contributed by atoms with Crippen molar-refractivity contribution in [3.05, 3.63) is 53.9 Å². The van der Waals surface area contributed by atoms with Crippen molar-refractivity contribution < 1.29 is 31.8 Å². The minimum absolute atomic E-state index is 0.0287. The molecule has 1 saturated heterocycles. The van der Waals surface area contributed by atoms with Crippen LogP contribution in [0.3, 0.4) is 0 Å². The summed E-state index contributed by atoms with van der Waals surface area (Å²) in [6.45, 7) is 0.810. The van der Waals surface area contributed by atoms with E-state index in [0.717, 1.165) is 12.1 Å². The molecular formula is C22H25FN2O6S. The van der Waals surface area contributed by atoms with Gasteiger partial charge in [-0.3, -0.25) is 4.79 Å². The first-order valence-corrected chi connectivity index (χ1v) is 11.3. The first-order valence-electron chi connectivity index (χ1n) is 9.83. The summed E-state index contributed by atoms with van der Waals surface area (Å²) in [5.41, 5.74) is 0.686. The lowest BCUT2D eigenvalue weighted by Gasteiger charge is -2.33. The normalized spacial score (nSPS) is 15.1. The number of rotatable bonds is 7. The van der Waals surface area contributed by atoms with Crippen molar-refractivity contribution >= 4 is 22.0 Å². The highest BCUT2D eigenvalue weighted by Crippen LogP contribution is 2.38. The molecular weight excluding hydrogens is 439 g/mol. The van der Waals surface area contributed by atoms with Crippen LogP contribution in [-0.4, -0.2) is 71.0 Å². The van der Waals surface area contributed by atoms with E-state index in [-0.39, 0.29) is 37.0 Å². The molecule has 8 nitrogen and oxygen atoms in total. The SMILES string of the molecule is COc1cc(/C=C/C(=O)N2CCN(S(=O)(=O)c3ccc(F)cc3)CC2)cc(OC)c1OC. The first kappa shape index (κ1) is 23.6. The van der Waals surface area contributed by atoms with Crippen LogP contribution < -0.4 is 14.2 Å². The Morgan fingerprint density at radius 2 is 1.50 bits per heavy atom.